The van der Waals surface area contributed by atoms with Crippen LogP contribution in [-0.2, 0) is 23.6 Å². The highest BCUT2D eigenvalue weighted by Gasteiger charge is 2.46. The summed E-state index contributed by atoms with van der Waals surface area (Å²) in [6.45, 7) is 3.32. The van der Waals surface area contributed by atoms with E-state index < -0.39 is 28.6 Å². The Morgan fingerprint density at radius 1 is 1.38 bits per heavy atom. The van der Waals surface area contributed by atoms with Crippen molar-refractivity contribution in [3.63, 3.8) is 0 Å². The first-order valence-corrected chi connectivity index (χ1v) is 5.01. The third kappa shape index (κ3) is 2.17. The topological polar surface area (TPSA) is 89.9 Å². The smallest absolute Gasteiger partial charge is 0.401 e. The van der Waals surface area contributed by atoms with Crippen LogP contribution in [0.4, 0.5) is 0 Å². The maximum absolute atomic E-state index is 10.8. The third-order valence-electron chi connectivity index (χ3n) is 1.65. The van der Waals surface area contributed by atoms with Gasteiger partial charge in [-0.3, -0.25) is 0 Å². The first kappa shape index (κ1) is 10.4. The molecule has 0 radical (unpaired) electrons. The van der Waals surface area contributed by atoms with Gasteiger partial charge in [-0.05, 0) is 5.92 Å². The minimum atomic E-state index is -4.12. The van der Waals surface area contributed by atoms with Crippen LogP contribution in [0.2, 0.25) is 0 Å². The number of hydrogen-bond donors (Lipinski definition) is 1. The Hall–Kier alpha value is -0.660. The van der Waals surface area contributed by atoms with E-state index in [9.17, 15) is 13.2 Å². The lowest BCUT2D eigenvalue weighted by molar-refractivity contribution is -0.146. The summed E-state index contributed by atoms with van der Waals surface area (Å²) in [4.78, 5) is 10.5. The van der Waals surface area contributed by atoms with Gasteiger partial charge in [-0.1, -0.05) is 13.8 Å². The van der Waals surface area contributed by atoms with E-state index in [4.69, 9.17) is 5.11 Å². The van der Waals surface area contributed by atoms with Gasteiger partial charge in [0.2, 0.25) is 6.10 Å². The van der Waals surface area contributed by atoms with Gasteiger partial charge in [0, 0.05) is 0 Å². The molecule has 0 aromatic carbocycles. The van der Waals surface area contributed by atoms with Gasteiger partial charge in [-0.25, -0.2) is 13.2 Å². The van der Waals surface area contributed by atoms with E-state index in [0.29, 0.717) is 0 Å². The van der Waals surface area contributed by atoms with Crippen molar-refractivity contribution in [2.24, 2.45) is 5.92 Å². The molecule has 0 aromatic rings. The van der Waals surface area contributed by atoms with Crippen LogP contribution in [0.3, 0.4) is 0 Å². The highest BCUT2D eigenvalue weighted by atomic mass is 32.3. The zero-order chi connectivity index (χ0) is 10.2. The van der Waals surface area contributed by atoms with Gasteiger partial charge < -0.3 is 5.11 Å². The molecule has 1 aliphatic heterocycles. The van der Waals surface area contributed by atoms with Gasteiger partial charge >= 0.3 is 16.4 Å². The summed E-state index contributed by atoms with van der Waals surface area (Å²) in [5, 5.41) is 8.60. The summed E-state index contributed by atoms with van der Waals surface area (Å²) in [5.41, 5.74) is 0. The van der Waals surface area contributed by atoms with Crippen molar-refractivity contribution < 1.29 is 26.7 Å². The Morgan fingerprint density at radius 3 is 2.23 bits per heavy atom. The molecule has 1 fully saturated rings. The lowest BCUT2D eigenvalue weighted by Crippen LogP contribution is -2.34. The van der Waals surface area contributed by atoms with Gasteiger partial charge in [0.15, 0.2) is 0 Å². The van der Waals surface area contributed by atoms with Crippen LogP contribution in [-0.4, -0.2) is 31.7 Å². The maximum atomic E-state index is 10.8. The van der Waals surface area contributed by atoms with Crippen molar-refractivity contribution in [3.05, 3.63) is 0 Å². The van der Waals surface area contributed by atoms with E-state index in [0.717, 1.165) is 0 Å². The zero-order valence-corrected chi connectivity index (χ0v) is 7.95. The molecule has 76 valence electrons. The predicted molar refractivity (Wildman–Crippen MR) is 41.1 cm³/mol. The molecule has 1 rings (SSSR count). The van der Waals surface area contributed by atoms with Crippen molar-refractivity contribution in [1.29, 1.82) is 0 Å². The summed E-state index contributed by atoms with van der Waals surface area (Å²) >= 11 is 0. The molecule has 1 N–H and O–H groups in total. The van der Waals surface area contributed by atoms with Crippen LogP contribution in [0.1, 0.15) is 13.8 Å². The number of hydrogen-bond acceptors (Lipinski definition) is 5. The molecule has 2 atom stereocenters. The molecular weight excluding hydrogens is 200 g/mol. The number of carboxylic acid groups (broad SMARTS) is 1. The second kappa shape index (κ2) is 3.24. The van der Waals surface area contributed by atoms with Crippen molar-refractivity contribution in [1.82, 2.24) is 0 Å². The molecule has 7 heteroatoms. The minimum absolute atomic E-state index is 0.238. The average molecular weight is 210 g/mol. The lowest BCUT2D eigenvalue weighted by Gasteiger charge is -2.13. The van der Waals surface area contributed by atoms with Gasteiger partial charge in [0.05, 0.1) is 0 Å². The molecule has 13 heavy (non-hydrogen) atoms. The summed E-state index contributed by atoms with van der Waals surface area (Å²) in [7, 11) is -4.12. The van der Waals surface area contributed by atoms with E-state index in [-0.39, 0.29) is 5.92 Å². The second-order valence-electron chi connectivity index (χ2n) is 3.07. The van der Waals surface area contributed by atoms with Crippen molar-refractivity contribution in [2.45, 2.75) is 26.1 Å². The van der Waals surface area contributed by atoms with E-state index in [2.05, 4.69) is 8.37 Å². The van der Waals surface area contributed by atoms with Crippen LogP contribution in [0.15, 0.2) is 0 Å². The fraction of sp³-hybridized carbons (Fsp3) is 0.833. The van der Waals surface area contributed by atoms with Crippen LogP contribution >= 0.6 is 0 Å². The van der Waals surface area contributed by atoms with Gasteiger partial charge in [0.25, 0.3) is 0 Å². The first-order valence-electron chi connectivity index (χ1n) is 3.68. The SMILES string of the molecule is CC(C)[C@@H]1OS(=O)(=O)O[C@H]1C(=O)O. The molecule has 0 saturated carbocycles. The van der Waals surface area contributed by atoms with Gasteiger partial charge in [-0.15, -0.1) is 0 Å². The van der Waals surface area contributed by atoms with Crippen LogP contribution in [0.25, 0.3) is 0 Å². The third-order valence-corrected chi connectivity index (χ3v) is 2.55. The molecule has 0 spiro atoms. The van der Waals surface area contributed by atoms with E-state index in [1.807, 2.05) is 0 Å². The molecule has 1 aliphatic rings. The number of rotatable bonds is 2. The van der Waals surface area contributed by atoms with Crippen molar-refractivity contribution >= 4 is 16.4 Å². The standard InChI is InChI=1S/C6H10O6S/c1-3(2)4-5(6(7)8)12-13(9,10)11-4/h3-5H,1-2H3,(H,7,8)/t4-,5+/m0/s1. The van der Waals surface area contributed by atoms with Crippen LogP contribution in [0.5, 0.6) is 0 Å². The fourth-order valence-corrected chi connectivity index (χ4v) is 2.12. The Balaban J connectivity index is 2.90. The summed E-state index contributed by atoms with van der Waals surface area (Å²) in [6.07, 6.45) is -2.37. The van der Waals surface area contributed by atoms with Crippen molar-refractivity contribution in [3.8, 4) is 0 Å². The van der Waals surface area contributed by atoms with Crippen LogP contribution < -0.4 is 0 Å². The number of carbonyl (C=O) groups is 1. The molecule has 0 aliphatic carbocycles. The van der Waals surface area contributed by atoms with E-state index in [1.165, 1.54) is 0 Å². The average Bonchev–Trinajstić information content (AvgIpc) is 2.26. The largest absolute Gasteiger partial charge is 0.479 e. The Morgan fingerprint density at radius 2 is 1.92 bits per heavy atom. The Bertz CT molecular complexity index is 305. The highest BCUT2D eigenvalue weighted by Crippen LogP contribution is 2.26. The van der Waals surface area contributed by atoms with Crippen molar-refractivity contribution in [2.75, 3.05) is 0 Å². The molecule has 6 nitrogen and oxygen atoms in total. The van der Waals surface area contributed by atoms with Gasteiger partial charge in [-0.2, -0.15) is 8.42 Å². The van der Waals surface area contributed by atoms with E-state index in [1.54, 1.807) is 13.8 Å². The second-order valence-corrected chi connectivity index (χ2v) is 4.27. The number of aliphatic carboxylic acids is 1. The molecule has 0 aromatic heterocycles. The normalized spacial score (nSPS) is 32.2. The molecule has 0 unspecified atom stereocenters. The Kier molecular flexibility index (Phi) is 2.60. The fourth-order valence-electron chi connectivity index (χ4n) is 1.03. The zero-order valence-electron chi connectivity index (χ0n) is 7.13. The minimum Gasteiger partial charge on any atom is -0.479 e. The Labute approximate surface area is 75.8 Å². The quantitative estimate of drug-likeness (QED) is 0.676. The summed E-state index contributed by atoms with van der Waals surface area (Å²) in [5.74, 6) is -1.57. The molecular formula is C6H10O6S. The monoisotopic (exact) mass is 210 g/mol. The summed E-state index contributed by atoms with van der Waals surface area (Å²) < 4.78 is 30.2. The summed E-state index contributed by atoms with van der Waals surface area (Å²) in [6, 6.07) is 0. The van der Waals surface area contributed by atoms with Crippen LogP contribution in [0, 0.1) is 5.92 Å². The maximum Gasteiger partial charge on any atom is 0.401 e. The molecule has 1 saturated heterocycles. The highest BCUT2D eigenvalue weighted by molar-refractivity contribution is 7.82. The van der Waals surface area contributed by atoms with Gasteiger partial charge in [0.1, 0.15) is 6.10 Å². The first-order chi connectivity index (χ1) is 5.83. The predicted octanol–water partition coefficient (Wildman–Crippen LogP) is -0.244. The lowest BCUT2D eigenvalue weighted by atomic mass is 10.0. The van der Waals surface area contributed by atoms with E-state index >= 15 is 0 Å². The molecule has 0 bridgehead atoms. The molecule has 1 heterocycles. The molecule has 0 amide bonds. The number of carboxylic acids is 1.